The highest BCUT2D eigenvalue weighted by Crippen LogP contribution is 2.10. The van der Waals surface area contributed by atoms with Crippen LogP contribution in [0.25, 0.3) is 0 Å². The lowest BCUT2D eigenvalue weighted by Gasteiger charge is -2.16. The van der Waals surface area contributed by atoms with Gasteiger partial charge in [-0.25, -0.2) is 9.78 Å². The molecule has 0 unspecified atom stereocenters. The normalized spacial score (nSPS) is 11.5. The van der Waals surface area contributed by atoms with Crippen molar-refractivity contribution in [3.8, 4) is 0 Å². The first kappa shape index (κ1) is 15.4. The van der Waals surface area contributed by atoms with Gasteiger partial charge in [0.2, 0.25) is 5.82 Å². The third kappa shape index (κ3) is 4.49. The molecule has 7 nitrogen and oxygen atoms in total. The van der Waals surface area contributed by atoms with Gasteiger partial charge in [0.1, 0.15) is 12.4 Å². The molecule has 8 heteroatoms. The monoisotopic (exact) mass is 285 g/mol. The summed E-state index contributed by atoms with van der Waals surface area (Å²) >= 11 is 0. The number of carboxylic acid groups (broad SMARTS) is 1. The van der Waals surface area contributed by atoms with Crippen molar-refractivity contribution in [1.29, 1.82) is 0 Å². The van der Waals surface area contributed by atoms with Gasteiger partial charge in [-0.05, 0) is 6.04 Å². The maximum atomic E-state index is 11.1. The van der Waals surface area contributed by atoms with Crippen LogP contribution in [0.2, 0.25) is 25.7 Å². The van der Waals surface area contributed by atoms with Crippen molar-refractivity contribution in [1.82, 2.24) is 9.55 Å². The minimum atomic E-state index is -1.21. The largest absolute Gasteiger partial charge is 0.477 e. The summed E-state index contributed by atoms with van der Waals surface area (Å²) in [6.07, 6.45) is 1.10. The average molecular weight is 285 g/mol. The van der Waals surface area contributed by atoms with Crippen LogP contribution in [0.3, 0.4) is 0 Å². The number of aromatic nitrogens is 2. The van der Waals surface area contributed by atoms with Crippen molar-refractivity contribution in [2.75, 3.05) is 6.61 Å². The third-order valence-electron chi connectivity index (χ3n) is 2.51. The molecule has 3 N–H and O–H groups in total. The highest BCUT2D eigenvalue weighted by Gasteiger charge is 2.19. The number of aromatic carboxylic acids is 1. The second-order valence-corrected chi connectivity index (χ2v) is 11.0. The topological polar surface area (TPSA) is 107 Å². The maximum absolute atomic E-state index is 11.1. The zero-order chi connectivity index (χ0) is 14.6. The molecule has 0 saturated heterocycles. The van der Waals surface area contributed by atoms with Crippen molar-refractivity contribution in [3.63, 3.8) is 0 Å². The van der Waals surface area contributed by atoms with E-state index in [-0.39, 0.29) is 18.2 Å². The Balaban J connectivity index is 2.73. The molecule has 0 bridgehead atoms. The van der Waals surface area contributed by atoms with E-state index in [1.807, 2.05) is 0 Å². The molecule has 0 aliphatic heterocycles. The number of hydrogen-bond acceptors (Lipinski definition) is 4. The van der Waals surface area contributed by atoms with E-state index >= 15 is 0 Å². The fraction of sp³-hybridized carbons (Fsp3) is 0.545. The van der Waals surface area contributed by atoms with Crippen LogP contribution in [0.4, 0.5) is 0 Å². The molecule has 0 aliphatic carbocycles. The quantitative estimate of drug-likeness (QED) is 0.574. The van der Waals surface area contributed by atoms with Gasteiger partial charge in [-0.3, -0.25) is 9.36 Å². The first-order chi connectivity index (χ1) is 8.72. The Labute approximate surface area is 112 Å². The fourth-order valence-corrected chi connectivity index (χ4v) is 2.16. The smallest absolute Gasteiger partial charge is 0.354 e. The Morgan fingerprint density at radius 2 is 2.11 bits per heavy atom. The van der Waals surface area contributed by atoms with Gasteiger partial charge in [0.15, 0.2) is 0 Å². The fourth-order valence-electron chi connectivity index (χ4n) is 1.41. The Morgan fingerprint density at radius 1 is 1.47 bits per heavy atom. The van der Waals surface area contributed by atoms with E-state index in [2.05, 4.69) is 24.6 Å². The summed E-state index contributed by atoms with van der Waals surface area (Å²) in [5, 5.41) is 8.98. The number of hydrogen-bond donors (Lipinski definition) is 2. The van der Waals surface area contributed by atoms with Crippen LogP contribution in [-0.4, -0.2) is 41.2 Å². The summed E-state index contributed by atoms with van der Waals surface area (Å²) in [5.41, 5.74) is 5.03. The highest BCUT2D eigenvalue weighted by molar-refractivity contribution is 6.76. The summed E-state index contributed by atoms with van der Waals surface area (Å²) in [5.74, 6) is -2.06. The molecule has 1 amide bonds. The van der Waals surface area contributed by atoms with E-state index in [0.29, 0.717) is 6.61 Å². The number of ether oxygens (including phenoxy) is 1. The second kappa shape index (κ2) is 5.98. The molecule has 0 radical (unpaired) electrons. The molecule has 0 fully saturated rings. The van der Waals surface area contributed by atoms with Crippen molar-refractivity contribution in [3.05, 3.63) is 17.7 Å². The first-order valence-corrected chi connectivity index (χ1v) is 9.59. The second-order valence-electron chi connectivity index (χ2n) is 5.41. The van der Waals surface area contributed by atoms with Crippen molar-refractivity contribution < 1.29 is 19.4 Å². The molecule has 0 saturated carbocycles. The lowest BCUT2D eigenvalue weighted by atomic mass is 10.5. The number of amides is 1. The zero-order valence-electron chi connectivity index (χ0n) is 11.3. The van der Waals surface area contributed by atoms with E-state index in [1.165, 1.54) is 4.57 Å². The number of rotatable bonds is 7. The van der Waals surface area contributed by atoms with E-state index in [4.69, 9.17) is 15.6 Å². The molecule has 0 spiro atoms. The van der Waals surface area contributed by atoms with Gasteiger partial charge in [0.05, 0.1) is 6.20 Å². The first-order valence-electron chi connectivity index (χ1n) is 5.89. The van der Waals surface area contributed by atoms with Gasteiger partial charge >= 0.3 is 5.97 Å². The third-order valence-corrected chi connectivity index (χ3v) is 4.22. The summed E-state index contributed by atoms with van der Waals surface area (Å²) in [4.78, 5) is 25.8. The van der Waals surface area contributed by atoms with E-state index in [9.17, 15) is 9.59 Å². The van der Waals surface area contributed by atoms with Crippen LogP contribution in [0.1, 0.15) is 21.1 Å². The summed E-state index contributed by atoms with van der Waals surface area (Å²) in [6.45, 7) is 7.12. The van der Waals surface area contributed by atoms with Gasteiger partial charge in [-0.2, -0.15) is 0 Å². The predicted molar refractivity (Wildman–Crippen MR) is 71.8 cm³/mol. The molecule has 0 atom stereocenters. The van der Waals surface area contributed by atoms with Gasteiger partial charge < -0.3 is 15.6 Å². The zero-order valence-corrected chi connectivity index (χ0v) is 12.3. The number of nitrogens with zero attached hydrogens (tertiary/aromatic N) is 2. The lowest BCUT2D eigenvalue weighted by Crippen LogP contribution is -2.24. The molecule has 1 aromatic rings. The van der Waals surface area contributed by atoms with E-state index < -0.39 is 20.0 Å². The lowest BCUT2D eigenvalue weighted by molar-refractivity contribution is 0.0613. The van der Waals surface area contributed by atoms with E-state index in [0.717, 1.165) is 12.2 Å². The highest BCUT2D eigenvalue weighted by atomic mass is 28.3. The molecular formula is C11H19N3O4Si. The minimum absolute atomic E-state index is 0.0373. The number of carboxylic acids is 1. The molecule has 0 aliphatic rings. The van der Waals surface area contributed by atoms with Gasteiger partial charge in [0.25, 0.3) is 5.91 Å². The molecule has 1 aromatic heterocycles. The number of carbonyl (C=O) groups excluding carboxylic acids is 1. The SMILES string of the molecule is C[Si](C)(C)CCOCn1c(C(=O)O)cnc1C(N)=O. The average Bonchev–Trinajstić information content (AvgIpc) is 2.66. The Bertz CT molecular complexity index is 447. The number of nitrogens with two attached hydrogens (primary N) is 1. The molecule has 1 rings (SSSR count). The molecule has 0 aromatic carbocycles. The van der Waals surface area contributed by atoms with Gasteiger partial charge in [-0.1, -0.05) is 19.6 Å². The van der Waals surface area contributed by atoms with E-state index in [1.54, 1.807) is 0 Å². The molecule has 1 heterocycles. The minimum Gasteiger partial charge on any atom is -0.477 e. The van der Waals surface area contributed by atoms with Gasteiger partial charge in [0, 0.05) is 14.7 Å². The number of primary amides is 1. The van der Waals surface area contributed by atoms with Crippen LogP contribution >= 0.6 is 0 Å². The summed E-state index contributed by atoms with van der Waals surface area (Å²) in [6, 6.07) is 0.954. The van der Waals surface area contributed by atoms with Crippen LogP contribution in [0.5, 0.6) is 0 Å². The summed E-state index contributed by atoms with van der Waals surface area (Å²) in [7, 11) is -1.21. The van der Waals surface area contributed by atoms with Crippen LogP contribution in [0, 0.1) is 0 Å². The van der Waals surface area contributed by atoms with Crippen LogP contribution in [-0.2, 0) is 11.5 Å². The predicted octanol–water partition coefficient (Wildman–Crippen LogP) is 0.992. The Kier molecular flexibility index (Phi) is 4.84. The number of carbonyl (C=O) groups is 2. The molecule has 19 heavy (non-hydrogen) atoms. The van der Waals surface area contributed by atoms with Crippen molar-refractivity contribution in [2.45, 2.75) is 32.4 Å². The maximum Gasteiger partial charge on any atom is 0.354 e. The van der Waals surface area contributed by atoms with Crippen LogP contribution in [0.15, 0.2) is 6.20 Å². The number of imidazole rings is 1. The van der Waals surface area contributed by atoms with Crippen molar-refractivity contribution >= 4 is 20.0 Å². The van der Waals surface area contributed by atoms with Crippen LogP contribution < -0.4 is 5.73 Å². The Morgan fingerprint density at radius 3 is 2.58 bits per heavy atom. The molecule has 106 valence electrons. The Hall–Kier alpha value is -1.67. The molecular weight excluding hydrogens is 266 g/mol. The van der Waals surface area contributed by atoms with Crippen molar-refractivity contribution in [2.24, 2.45) is 5.73 Å². The standard InChI is InChI=1S/C11H19N3O4Si/c1-19(2,3)5-4-18-7-14-8(11(16)17)6-13-10(14)9(12)15/h6H,4-5,7H2,1-3H3,(H2,12,15)(H,16,17). The summed E-state index contributed by atoms with van der Waals surface area (Å²) < 4.78 is 6.60. The van der Waals surface area contributed by atoms with Gasteiger partial charge in [-0.15, -0.1) is 0 Å².